The lowest BCUT2D eigenvalue weighted by atomic mass is 10.3. The molecule has 0 heterocycles. The van der Waals surface area contributed by atoms with Crippen LogP contribution in [0.25, 0.3) is 0 Å². The first-order valence-electron chi connectivity index (χ1n) is 5.34. The van der Waals surface area contributed by atoms with Gasteiger partial charge >= 0.3 is 12.0 Å². The minimum Gasteiger partial charge on any atom is -0.480 e. The maximum atomic E-state index is 13.5. The minimum absolute atomic E-state index is 0.104. The molecule has 0 aliphatic rings. The van der Waals surface area contributed by atoms with Crippen molar-refractivity contribution in [2.45, 2.75) is 13.0 Å². The fraction of sp³-hybridized carbons (Fsp3) is 0.333. The molecule has 0 saturated heterocycles. The van der Waals surface area contributed by atoms with E-state index in [0.717, 1.165) is 9.80 Å². The Morgan fingerprint density at radius 3 is 2.33 bits per heavy atom. The normalized spacial score (nSPS) is 11.8. The summed E-state index contributed by atoms with van der Waals surface area (Å²) in [5.74, 6) is -1.66. The van der Waals surface area contributed by atoms with Crippen LogP contribution in [-0.2, 0) is 4.79 Å². The molecule has 0 aliphatic carbocycles. The van der Waals surface area contributed by atoms with Crippen molar-refractivity contribution < 1.29 is 19.1 Å². The predicted molar refractivity (Wildman–Crippen MR) is 65.1 cm³/mol. The number of hydrogen-bond acceptors (Lipinski definition) is 2. The quantitative estimate of drug-likeness (QED) is 0.894. The summed E-state index contributed by atoms with van der Waals surface area (Å²) in [7, 11) is 2.75. The Bertz CT molecular complexity index is 464. The maximum Gasteiger partial charge on any atom is 0.326 e. The molecule has 1 N–H and O–H groups in total. The third-order valence-corrected chi connectivity index (χ3v) is 2.74. The number of aliphatic carboxylic acids is 1. The first-order chi connectivity index (χ1) is 8.36. The Labute approximate surface area is 104 Å². The zero-order chi connectivity index (χ0) is 13.9. The summed E-state index contributed by atoms with van der Waals surface area (Å²) >= 11 is 0. The molecule has 6 heteroatoms. The number of para-hydroxylation sites is 1. The molecule has 0 saturated carbocycles. The second-order valence-corrected chi connectivity index (χ2v) is 3.92. The molecule has 0 bridgehead atoms. The molecule has 0 radical (unpaired) electrons. The molecule has 18 heavy (non-hydrogen) atoms. The number of rotatable bonds is 3. The molecule has 1 aromatic rings. The van der Waals surface area contributed by atoms with E-state index in [9.17, 15) is 14.0 Å². The first-order valence-corrected chi connectivity index (χ1v) is 5.34. The summed E-state index contributed by atoms with van der Waals surface area (Å²) in [4.78, 5) is 24.9. The van der Waals surface area contributed by atoms with Crippen LogP contribution in [0.2, 0.25) is 0 Å². The van der Waals surface area contributed by atoms with Crippen LogP contribution in [0.5, 0.6) is 0 Å². The lowest BCUT2D eigenvalue weighted by molar-refractivity contribution is -0.141. The second-order valence-electron chi connectivity index (χ2n) is 3.92. The van der Waals surface area contributed by atoms with Crippen LogP contribution in [0.15, 0.2) is 24.3 Å². The molecule has 0 aromatic heterocycles. The van der Waals surface area contributed by atoms with Crippen LogP contribution >= 0.6 is 0 Å². The zero-order valence-corrected chi connectivity index (χ0v) is 10.4. The summed E-state index contributed by atoms with van der Waals surface area (Å²) in [6.07, 6.45) is 0. The van der Waals surface area contributed by atoms with Crippen molar-refractivity contribution in [2.24, 2.45) is 0 Å². The van der Waals surface area contributed by atoms with Gasteiger partial charge in [-0.1, -0.05) is 12.1 Å². The molecule has 1 atom stereocenters. The SMILES string of the molecule is CC(C(=O)O)N(C)C(=O)N(C)c1ccccc1F. The Morgan fingerprint density at radius 2 is 1.83 bits per heavy atom. The van der Waals surface area contributed by atoms with Crippen molar-refractivity contribution >= 4 is 17.7 Å². The van der Waals surface area contributed by atoms with Crippen molar-refractivity contribution in [1.82, 2.24) is 4.90 Å². The second kappa shape index (κ2) is 5.48. The molecule has 98 valence electrons. The van der Waals surface area contributed by atoms with E-state index in [1.807, 2.05) is 0 Å². The molecule has 2 amide bonds. The van der Waals surface area contributed by atoms with Crippen molar-refractivity contribution in [1.29, 1.82) is 0 Å². The number of halogens is 1. The van der Waals surface area contributed by atoms with E-state index in [2.05, 4.69) is 0 Å². The van der Waals surface area contributed by atoms with Crippen LogP contribution in [0.1, 0.15) is 6.92 Å². The van der Waals surface area contributed by atoms with E-state index in [4.69, 9.17) is 5.11 Å². The Morgan fingerprint density at radius 1 is 1.28 bits per heavy atom. The number of urea groups is 1. The largest absolute Gasteiger partial charge is 0.480 e. The van der Waals surface area contributed by atoms with Gasteiger partial charge in [-0.25, -0.2) is 14.0 Å². The van der Waals surface area contributed by atoms with E-state index < -0.39 is 23.9 Å². The van der Waals surface area contributed by atoms with Gasteiger partial charge in [-0.2, -0.15) is 0 Å². The average Bonchev–Trinajstić information content (AvgIpc) is 2.35. The zero-order valence-electron chi connectivity index (χ0n) is 10.4. The van der Waals surface area contributed by atoms with E-state index in [-0.39, 0.29) is 5.69 Å². The van der Waals surface area contributed by atoms with Crippen molar-refractivity contribution in [2.75, 3.05) is 19.0 Å². The lowest BCUT2D eigenvalue weighted by Crippen LogP contribution is -2.46. The summed E-state index contributed by atoms with van der Waals surface area (Å²) < 4.78 is 13.5. The van der Waals surface area contributed by atoms with Crippen LogP contribution in [-0.4, -0.2) is 42.1 Å². The van der Waals surface area contributed by atoms with Gasteiger partial charge < -0.3 is 10.0 Å². The van der Waals surface area contributed by atoms with Gasteiger partial charge in [0.2, 0.25) is 0 Å². The highest BCUT2D eigenvalue weighted by Gasteiger charge is 2.25. The molecule has 0 aliphatic heterocycles. The predicted octanol–water partition coefficient (Wildman–Crippen LogP) is 1.79. The minimum atomic E-state index is -1.12. The first kappa shape index (κ1) is 14.0. The molecular weight excluding hydrogens is 239 g/mol. The van der Waals surface area contributed by atoms with Gasteiger partial charge in [0.25, 0.3) is 0 Å². The standard InChI is InChI=1S/C12H15FN2O3/c1-8(11(16)17)14(2)12(18)15(3)10-7-5-4-6-9(10)13/h4-8H,1-3H3,(H,16,17). The molecule has 1 rings (SSSR count). The van der Waals surface area contributed by atoms with E-state index in [1.54, 1.807) is 6.07 Å². The fourth-order valence-corrected chi connectivity index (χ4v) is 1.39. The number of anilines is 1. The van der Waals surface area contributed by atoms with Gasteiger partial charge in [-0.15, -0.1) is 0 Å². The average molecular weight is 254 g/mol. The Balaban J connectivity index is 2.91. The van der Waals surface area contributed by atoms with E-state index >= 15 is 0 Å². The molecule has 0 spiro atoms. The number of amides is 2. The lowest BCUT2D eigenvalue weighted by Gasteiger charge is -2.27. The van der Waals surface area contributed by atoms with Crippen LogP contribution < -0.4 is 4.90 Å². The highest BCUT2D eigenvalue weighted by atomic mass is 19.1. The monoisotopic (exact) mass is 254 g/mol. The van der Waals surface area contributed by atoms with Gasteiger partial charge in [0.1, 0.15) is 11.9 Å². The Hall–Kier alpha value is -2.11. The van der Waals surface area contributed by atoms with Gasteiger partial charge in [-0.3, -0.25) is 4.90 Å². The summed E-state index contributed by atoms with van der Waals surface area (Å²) in [5, 5.41) is 8.82. The molecule has 5 nitrogen and oxygen atoms in total. The van der Waals surface area contributed by atoms with Gasteiger partial charge in [-0.05, 0) is 19.1 Å². The third-order valence-electron chi connectivity index (χ3n) is 2.74. The van der Waals surface area contributed by atoms with Gasteiger partial charge in [0, 0.05) is 14.1 Å². The van der Waals surface area contributed by atoms with Crippen LogP contribution in [0.3, 0.4) is 0 Å². The number of carboxylic acid groups (broad SMARTS) is 1. The summed E-state index contributed by atoms with van der Waals surface area (Å²) in [5.41, 5.74) is 0.104. The topological polar surface area (TPSA) is 60.9 Å². The number of likely N-dealkylation sites (N-methyl/N-ethyl adjacent to an activating group) is 1. The van der Waals surface area contributed by atoms with Crippen molar-refractivity contribution in [3.8, 4) is 0 Å². The van der Waals surface area contributed by atoms with E-state index in [1.165, 1.54) is 39.2 Å². The summed E-state index contributed by atoms with van der Waals surface area (Å²) in [6, 6.07) is 4.23. The highest BCUT2D eigenvalue weighted by molar-refractivity contribution is 5.93. The number of benzene rings is 1. The van der Waals surface area contributed by atoms with Crippen molar-refractivity contribution in [3.05, 3.63) is 30.1 Å². The summed E-state index contributed by atoms with van der Waals surface area (Å²) in [6.45, 7) is 1.38. The van der Waals surface area contributed by atoms with Gasteiger partial charge in [0.05, 0.1) is 5.69 Å². The van der Waals surface area contributed by atoms with Crippen LogP contribution in [0.4, 0.5) is 14.9 Å². The fourth-order valence-electron chi connectivity index (χ4n) is 1.39. The van der Waals surface area contributed by atoms with Gasteiger partial charge in [0.15, 0.2) is 0 Å². The number of nitrogens with zero attached hydrogens (tertiary/aromatic N) is 2. The maximum absolute atomic E-state index is 13.5. The number of carbonyl (C=O) groups excluding carboxylic acids is 1. The van der Waals surface area contributed by atoms with E-state index in [0.29, 0.717) is 0 Å². The number of carboxylic acids is 1. The molecule has 1 aromatic carbocycles. The smallest absolute Gasteiger partial charge is 0.326 e. The third kappa shape index (κ3) is 2.77. The molecular formula is C12H15FN2O3. The highest BCUT2D eigenvalue weighted by Crippen LogP contribution is 2.18. The van der Waals surface area contributed by atoms with Crippen molar-refractivity contribution in [3.63, 3.8) is 0 Å². The van der Waals surface area contributed by atoms with Crippen LogP contribution in [0, 0.1) is 5.82 Å². The number of hydrogen-bond donors (Lipinski definition) is 1. The molecule has 1 unspecified atom stereocenters. The number of carbonyl (C=O) groups is 2. The Kier molecular flexibility index (Phi) is 4.25. The molecule has 0 fully saturated rings.